The average Bonchev–Trinajstić information content (AvgIpc) is 3.27. The van der Waals surface area contributed by atoms with E-state index in [2.05, 4.69) is 34.6 Å². The van der Waals surface area contributed by atoms with E-state index in [1.165, 1.54) is 205 Å². The van der Waals surface area contributed by atoms with Crippen molar-refractivity contribution >= 4 is 17.9 Å². The summed E-state index contributed by atoms with van der Waals surface area (Å²) in [6, 6.07) is 0. The first-order valence-corrected chi connectivity index (χ1v) is 28.3. The van der Waals surface area contributed by atoms with Gasteiger partial charge < -0.3 is 14.2 Å². The predicted octanol–water partition coefficient (Wildman–Crippen LogP) is 18.5. The van der Waals surface area contributed by atoms with E-state index in [-0.39, 0.29) is 31.1 Å². The van der Waals surface area contributed by atoms with Gasteiger partial charge in [-0.05, 0) is 31.1 Å². The molecule has 0 radical (unpaired) electrons. The van der Waals surface area contributed by atoms with Gasteiger partial charge in [-0.2, -0.15) is 0 Å². The minimum absolute atomic E-state index is 0.0636. The largest absolute Gasteiger partial charge is 0.462 e. The van der Waals surface area contributed by atoms with Crippen molar-refractivity contribution in [1.82, 2.24) is 0 Å². The number of ether oxygens (including phenoxy) is 3. The summed E-state index contributed by atoms with van der Waals surface area (Å²) in [5.74, 6) is 0.822. The highest BCUT2D eigenvalue weighted by molar-refractivity contribution is 5.71. The Kier molecular flexibility index (Phi) is 48.6. The minimum atomic E-state index is -0.763. The van der Waals surface area contributed by atoms with Crippen molar-refractivity contribution in [2.24, 2.45) is 11.8 Å². The topological polar surface area (TPSA) is 78.9 Å². The van der Waals surface area contributed by atoms with Gasteiger partial charge in [0, 0.05) is 19.3 Å². The number of hydrogen-bond donors (Lipinski definition) is 0. The molecule has 0 aliphatic carbocycles. The Hall–Kier alpha value is -1.59. The summed E-state index contributed by atoms with van der Waals surface area (Å²) in [5, 5.41) is 0. The Morgan fingerprint density at radius 3 is 0.905 bits per heavy atom. The lowest BCUT2D eigenvalue weighted by Gasteiger charge is -2.18. The Morgan fingerprint density at radius 2 is 0.603 bits per heavy atom. The average molecular weight is 892 g/mol. The van der Waals surface area contributed by atoms with Gasteiger partial charge in [-0.3, -0.25) is 14.4 Å². The SMILES string of the molecule is CCCCCCCCCCCCCCCCCCC(=O)O[C@H](COC(=O)CCCCCCCCCCCCCCCCCCC(C)C)COC(=O)CCCCCCCCC(C)CC. The normalized spacial score (nSPS) is 12.5. The van der Waals surface area contributed by atoms with Crippen molar-refractivity contribution in [2.75, 3.05) is 13.2 Å². The molecule has 1 unspecified atom stereocenters. The van der Waals surface area contributed by atoms with Crippen LogP contribution in [0.2, 0.25) is 0 Å². The summed E-state index contributed by atoms with van der Waals surface area (Å²) in [7, 11) is 0. The zero-order chi connectivity index (χ0) is 46.1. The zero-order valence-electron chi connectivity index (χ0n) is 43.2. The number of rotatable bonds is 51. The molecule has 0 bridgehead atoms. The van der Waals surface area contributed by atoms with E-state index in [4.69, 9.17) is 14.2 Å². The van der Waals surface area contributed by atoms with Crippen LogP contribution in [0.3, 0.4) is 0 Å². The number of esters is 3. The minimum Gasteiger partial charge on any atom is -0.462 e. The van der Waals surface area contributed by atoms with E-state index in [1.54, 1.807) is 0 Å². The first-order valence-electron chi connectivity index (χ1n) is 28.3. The molecular weight excluding hydrogens is 781 g/mol. The Balaban J connectivity index is 4.24. The van der Waals surface area contributed by atoms with Gasteiger partial charge in [0.2, 0.25) is 0 Å². The standard InChI is InChI=1S/C57H110O6/c1-6-8-9-10-11-12-13-14-15-19-23-26-29-32-39-44-49-57(60)63-54(51-62-56(59)48-43-38-34-33-36-41-46-53(5)7-2)50-61-55(58)47-42-37-31-28-25-22-20-17-16-18-21-24-27-30-35-40-45-52(3)4/h52-54H,6-51H2,1-5H3/t53?,54-/m1/s1. The zero-order valence-corrected chi connectivity index (χ0v) is 43.2. The first-order chi connectivity index (χ1) is 30.8. The highest BCUT2D eigenvalue weighted by atomic mass is 16.6. The van der Waals surface area contributed by atoms with E-state index < -0.39 is 6.10 Å². The molecule has 0 aliphatic rings. The molecule has 0 saturated carbocycles. The number of unbranched alkanes of at least 4 members (excludes halogenated alkanes) is 35. The third-order valence-electron chi connectivity index (χ3n) is 13.3. The summed E-state index contributed by atoms with van der Waals surface area (Å²) in [5.41, 5.74) is 0. The van der Waals surface area contributed by atoms with Crippen LogP contribution < -0.4 is 0 Å². The van der Waals surface area contributed by atoms with Gasteiger partial charge in [-0.1, -0.05) is 279 Å². The Bertz CT molecular complexity index is 964. The van der Waals surface area contributed by atoms with Gasteiger partial charge in [-0.25, -0.2) is 0 Å². The molecule has 0 aromatic carbocycles. The molecular formula is C57H110O6. The van der Waals surface area contributed by atoms with Crippen LogP contribution in [-0.4, -0.2) is 37.2 Å². The van der Waals surface area contributed by atoms with E-state index in [9.17, 15) is 14.4 Å². The van der Waals surface area contributed by atoms with E-state index in [1.807, 2.05) is 0 Å². The van der Waals surface area contributed by atoms with Crippen LogP contribution in [0.5, 0.6) is 0 Å². The quantitative estimate of drug-likeness (QED) is 0.0344. The third kappa shape index (κ3) is 49.7. The molecule has 374 valence electrons. The molecule has 63 heavy (non-hydrogen) atoms. The van der Waals surface area contributed by atoms with E-state index >= 15 is 0 Å². The highest BCUT2D eigenvalue weighted by Crippen LogP contribution is 2.18. The maximum Gasteiger partial charge on any atom is 0.306 e. The van der Waals surface area contributed by atoms with Crippen molar-refractivity contribution in [3.63, 3.8) is 0 Å². The second-order valence-electron chi connectivity index (χ2n) is 20.3. The molecule has 6 heteroatoms. The van der Waals surface area contributed by atoms with Crippen LogP contribution >= 0.6 is 0 Å². The van der Waals surface area contributed by atoms with Gasteiger partial charge in [-0.15, -0.1) is 0 Å². The van der Waals surface area contributed by atoms with Gasteiger partial charge in [0.25, 0.3) is 0 Å². The van der Waals surface area contributed by atoms with Crippen molar-refractivity contribution < 1.29 is 28.6 Å². The summed E-state index contributed by atoms with van der Waals surface area (Å²) in [6.45, 7) is 11.4. The molecule has 0 spiro atoms. The summed E-state index contributed by atoms with van der Waals surface area (Å²) in [4.78, 5) is 38.0. The van der Waals surface area contributed by atoms with Gasteiger partial charge in [0.1, 0.15) is 13.2 Å². The second kappa shape index (κ2) is 49.8. The Labute approximate surface area is 393 Å². The molecule has 6 nitrogen and oxygen atoms in total. The molecule has 0 aromatic rings. The van der Waals surface area contributed by atoms with Crippen LogP contribution in [-0.2, 0) is 28.6 Å². The van der Waals surface area contributed by atoms with Crippen molar-refractivity contribution in [2.45, 2.75) is 323 Å². The maximum atomic E-state index is 12.8. The second-order valence-corrected chi connectivity index (χ2v) is 20.3. The van der Waals surface area contributed by atoms with E-state index in [0.29, 0.717) is 19.3 Å². The lowest BCUT2D eigenvalue weighted by atomic mass is 10.00. The van der Waals surface area contributed by atoms with Crippen LogP contribution in [0.4, 0.5) is 0 Å². The molecule has 0 rings (SSSR count). The molecule has 0 fully saturated rings. The summed E-state index contributed by atoms with van der Waals surface area (Å²) < 4.78 is 16.9. The molecule has 0 heterocycles. The van der Waals surface area contributed by atoms with Crippen LogP contribution in [0.15, 0.2) is 0 Å². The van der Waals surface area contributed by atoms with Crippen LogP contribution in [0.1, 0.15) is 317 Å². The van der Waals surface area contributed by atoms with Gasteiger partial charge in [0.15, 0.2) is 6.10 Å². The van der Waals surface area contributed by atoms with Crippen LogP contribution in [0, 0.1) is 11.8 Å². The Morgan fingerprint density at radius 1 is 0.333 bits per heavy atom. The molecule has 0 N–H and O–H groups in total. The van der Waals surface area contributed by atoms with Crippen molar-refractivity contribution in [3.8, 4) is 0 Å². The fourth-order valence-corrected chi connectivity index (χ4v) is 8.66. The van der Waals surface area contributed by atoms with Gasteiger partial charge >= 0.3 is 17.9 Å². The monoisotopic (exact) mass is 891 g/mol. The lowest BCUT2D eigenvalue weighted by molar-refractivity contribution is -0.167. The fraction of sp³-hybridized carbons (Fsp3) is 0.947. The summed E-state index contributed by atoms with van der Waals surface area (Å²) >= 11 is 0. The number of carbonyl (C=O) groups excluding carboxylic acids is 3. The lowest BCUT2D eigenvalue weighted by Crippen LogP contribution is -2.30. The summed E-state index contributed by atoms with van der Waals surface area (Å²) in [6.07, 6.45) is 52.4. The first kappa shape index (κ1) is 61.4. The smallest absolute Gasteiger partial charge is 0.306 e. The molecule has 0 amide bonds. The fourth-order valence-electron chi connectivity index (χ4n) is 8.66. The molecule has 0 aromatic heterocycles. The third-order valence-corrected chi connectivity index (χ3v) is 13.3. The van der Waals surface area contributed by atoms with Crippen molar-refractivity contribution in [1.29, 1.82) is 0 Å². The van der Waals surface area contributed by atoms with Gasteiger partial charge in [0.05, 0.1) is 0 Å². The van der Waals surface area contributed by atoms with E-state index in [0.717, 1.165) is 69.6 Å². The highest BCUT2D eigenvalue weighted by Gasteiger charge is 2.19. The molecule has 2 atom stereocenters. The molecule has 0 saturated heterocycles. The predicted molar refractivity (Wildman–Crippen MR) is 270 cm³/mol. The number of carbonyl (C=O) groups is 3. The number of hydrogen-bond acceptors (Lipinski definition) is 6. The maximum absolute atomic E-state index is 12.8. The van der Waals surface area contributed by atoms with Crippen molar-refractivity contribution in [3.05, 3.63) is 0 Å². The van der Waals surface area contributed by atoms with Crippen LogP contribution in [0.25, 0.3) is 0 Å². The molecule has 0 aliphatic heterocycles.